The third-order valence-electron chi connectivity index (χ3n) is 2.50. The number of carbonyl (C=O) groups excluding carboxylic acids is 1. The lowest BCUT2D eigenvalue weighted by atomic mass is 9.88. The molecule has 1 aromatic carbocycles. The van der Waals surface area contributed by atoms with Crippen molar-refractivity contribution in [2.75, 3.05) is 6.61 Å². The van der Waals surface area contributed by atoms with Crippen LogP contribution in [0.25, 0.3) is 0 Å². The van der Waals surface area contributed by atoms with E-state index in [4.69, 9.17) is 4.74 Å². The number of aliphatic hydroxyl groups excluding tert-OH is 1. The van der Waals surface area contributed by atoms with Gasteiger partial charge in [-0.1, -0.05) is 38.5 Å². The van der Waals surface area contributed by atoms with Gasteiger partial charge in [-0.3, -0.25) is 4.79 Å². The SMILES string of the molecule is Cc1ccc(OC(CO)C(=O)C(C)(C)C)cc1. The van der Waals surface area contributed by atoms with Crippen LogP contribution in [0.5, 0.6) is 5.75 Å². The highest BCUT2D eigenvalue weighted by atomic mass is 16.5. The van der Waals surface area contributed by atoms with Gasteiger partial charge in [0.1, 0.15) is 5.75 Å². The zero-order valence-corrected chi connectivity index (χ0v) is 10.9. The fourth-order valence-corrected chi connectivity index (χ4v) is 1.44. The van der Waals surface area contributed by atoms with Crippen LogP contribution in [0.4, 0.5) is 0 Å². The van der Waals surface area contributed by atoms with Crippen molar-refractivity contribution in [2.24, 2.45) is 5.41 Å². The summed E-state index contributed by atoms with van der Waals surface area (Å²) in [7, 11) is 0. The number of carbonyl (C=O) groups is 1. The minimum Gasteiger partial charge on any atom is -0.480 e. The van der Waals surface area contributed by atoms with E-state index in [9.17, 15) is 9.90 Å². The van der Waals surface area contributed by atoms with Crippen LogP contribution >= 0.6 is 0 Å². The molecule has 1 atom stereocenters. The third kappa shape index (κ3) is 3.86. The predicted molar refractivity (Wildman–Crippen MR) is 67.1 cm³/mol. The first-order chi connectivity index (χ1) is 7.84. The molecule has 0 radical (unpaired) electrons. The first-order valence-electron chi connectivity index (χ1n) is 5.73. The molecule has 1 N–H and O–H groups in total. The minimum atomic E-state index is -0.794. The lowest BCUT2D eigenvalue weighted by Gasteiger charge is -2.24. The quantitative estimate of drug-likeness (QED) is 0.873. The predicted octanol–water partition coefficient (Wildman–Crippen LogP) is 2.35. The van der Waals surface area contributed by atoms with Crippen molar-refractivity contribution < 1.29 is 14.6 Å². The van der Waals surface area contributed by atoms with Crippen molar-refractivity contribution in [3.8, 4) is 5.75 Å². The average Bonchev–Trinajstić information content (AvgIpc) is 2.26. The van der Waals surface area contributed by atoms with Crippen LogP contribution in [0.1, 0.15) is 26.3 Å². The van der Waals surface area contributed by atoms with Crippen molar-refractivity contribution >= 4 is 5.78 Å². The van der Waals surface area contributed by atoms with Crippen molar-refractivity contribution in [2.45, 2.75) is 33.8 Å². The molecule has 0 saturated heterocycles. The maximum Gasteiger partial charge on any atom is 0.180 e. The van der Waals surface area contributed by atoms with E-state index in [1.165, 1.54) is 0 Å². The molecule has 3 nitrogen and oxygen atoms in total. The van der Waals surface area contributed by atoms with Crippen molar-refractivity contribution in [3.63, 3.8) is 0 Å². The van der Waals surface area contributed by atoms with Crippen LogP contribution in [0, 0.1) is 12.3 Å². The van der Waals surface area contributed by atoms with Crippen LogP contribution in [0.15, 0.2) is 24.3 Å². The van der Waals surface area contributed by atoms with E-state index < -0.39 is 11.5 Å². The van der Waals surface area contributed by atoms with E-state index in [1.54, 1.807) is 12.1 Å². The summed E-state index contributed by atoms with van der Waals surface area (Å²) in [6.45, 7) is 7.13. The Balaban J connectivity index is 2.77. The molecular formula is C14H20O3. The molecule has 0 bridgehead atoms. The van der Waals surface area contributed by atoms with Crippen molar-refractivity contribution in [1.29, 1.82) is 0 Å². The molecule has 1 unspecified atom stereocenters. The smallest absolute Gasteiger partial charge is 0.180 e. The number of ether oxygens (including phenoxy) is 1. The maximum absolute atomic E-state index is 12.0. The molecule has 0 fully saturated rings. The number of aliphatic hydroxyl groups is 1. The van der Waals surface area contributed by atoms with Gasteiger partial charge in [-0.05, 0) is 19.1 Å². The zero-order chi connectivity index (χ0) is 13.1. The van der Waals surface area contributed by atoms with Crippen LogP contribution in [0.3, 0.4) is 0 Å². The molecule has 0 spiro atoms. The summed E-state index contributed by atoms with van der Waals surface area (Å²) >= 11 is 0. The molecule has 3 heteroatoms. The summed E-state index contributed by atoms with van der Waals surface area (Å²) < 4.78 is 5.51. The lowest BCUT2D eigenvalue weighted by Crippen LogP contribution is -2.39. The first kappa shape index (κ1) is 13.7. The van der Waals surface area contributed by atoms with E-state index in [2.05, 4.69) is 0 Å². The Labute approximate surface area is 102 Å². The Kier molecular flexibility index (Phi) is 4.29. The first-order valence-corrected chi connectivity index (χ1v) is 5.73. The van der Waals surface area contributed by atoms with Gasteiger partial charge in [-0.25, -0.2) is 0 Å². The van der Waals surface area contributed by atoms with E-state index in [0.717, 1.165) is 5.56 Å². The second kappa shape index (κ2) is 5.32. The van der Waals surface area contributed by atoms with E-state index in [0.29, 0.717) is 5.75 Å². The van der Waals surface area contributed by atoms with Crippen LogP contribution < -0.4 is 4.74 Å². The number of ketones is 1. The van der Waals surface area contributed by atoms with E-state index >= 15 is 0 Å². The molecule has 94 valence electrons. The van der Waals surface area contributed by atoms with Gasteiger partial charge in [-0.15, -0.1) is 0 Å². The summed E-state index contributed by atoms with van der Waals surface area (Å²) in [5.41, 5.74) is 0.609. The molecule has 0 heterocycles. The molecule has 1 rings (SSSR count). The number of hydrogen-bond donors (Lipinski definition) is 1. The minimum absolute atomic E-state index is 0.0967. The monoisotopic (exact) mass is 236 g/mol. The van der Waals surface area contributed by atoms with Gasteiger partial charge < -0.3 is 9.84 Å². The fourth-order valence-electron chi connectivity index (χ4n) is 1.44. The van der Waals surface area contributed by atoms with Gasteiger partial charge in [0, 0.05) is 5.41 Å². The summed E-state index contributed by atoms with van der Waals surface area (Å²) in [6, 6.07) is 7.42. The van der Waals surface area contributed by atoms with Gasteiger partial charge in [-0.2, -0.15) is 0 Å². The molecule has 1 aromatic rings. The fraction of sp³-hybridized carbons (Fsp3) is 0.500. The van der Waals surface area contributed by atoms with Crippen LogP contribution in [-0.4, -0.2) is 23.6 Å². The number of Topliss-reactive ketones (excluding diaryl/α,β-unsaturated/α-hetero) is 1. The highest BCUT2D eigenvalue weighted by Crippen LogP contribution is 2.21. The summed E-state index contributed by atoms with van der Waals surface area (Å²) in [5, 5.41) is 9.23. The Hall–Kier alpha value is -1.35. The van der Waals surface area contributed by atoms with Gasteiger partial charge in [0.15, 0.2) is 11.9 Å². The lowest BCUT2D eigenvalue weighted by molar-refractivity contribution is -0.135. The van der Waals surface area contributed by atoms with E-state index in [-0.39, 0.29) is 12.4 Å². The van der Waals surface area contributed by atoms with Crippen LogP contribution in [-0.2, 0) is 4.79 Å². The molecule has 0 aliphatic rings. The van der Waals surface area contributed by atoms with Crippen LogP contribution in [0.2, 0.25) is 0 Å². The third-order valence-corrected chi connectivity index (χ3v) is 2.50. The Morgan fingerprint density at radius 3 is 2.24 bits per heavy atom. The molecule has 17 heavy (non-hydrogen) atoms. The Morgan fingerprint density at radius 1 is 1.29 bits per heavy atom. The highest BCUT2D eigenvalue weighted by Gasteiger charge is 2.30. The summed E-state index contributed by atoms with van der Waals surface area (Å²) in [5.74, 6) is 0.507. The molecule has 0 saturated carbocycles. The summed E-state index contributed by atoms with van der Waals surface area (Å²) in [4.78, 5) is 12.0. The van der Waals surface area contributed by atoms with Gasteiger partial charge in [0.25, 0.3) is 0 Å². The van der Waals surface area contributed by atoms with Crippen molar-refractivity contribution in [1.82, 2.24) is 0 Å². The molecule has 0 aliphatic heterocycles. The average molecular weight is 236 g/mol. The Morgan fingerprint density at radius 2 is 1.82 bits per heavy atom. The van der Waals surface area contributed by atoms with E-state index in [1.807, 2.05) is 39.8 Å². The maximum atomic E-state index is 12.0. The largest absolute Gasteiger partial charge is 0.480 e. The highest BCUT2D eigenvalue weighted by molar-refractivity contribution is 5.88. The molecule has 0 amide bonds. The van der Waals surface area contributed by atoms with Gasteiger partial charge in [0.05, 0.1) is 6.61 Å². The number of benzene rings is 1. The number of rotatable bonds is 4. The second-order valence-electron chi connectivity index (χ2n) is 5.22. The standard InChI is InChI=1S/C14H20O3/c1-10-5-7-11(8-6-10)17-12(9-15)13(16)14(2,3)4/h5-8,12,15H,9H2,1-4H3. The zero-order valence-electron chi connectivity index (χ0n) is 10.9. The molecule has 0 aromatic heterocycles. The number of hydrogen-bond acceptors (Lipinski definition) is 3. The van der Waals surface area contributed by atoms with Crippen molar-refractivity contribution in [3.05, 3.63) is 29.8 Å². The van der Waals surface area contributed by atoms with Gasteiger partial charge >= 0.3 is 0 Å². The Bertz CT molecular complexity index is 373. The summed E-state index contributed by atoms with van der Waals surface area (Å²) in [6.07, 6.45) is -0.794. The topological polar surface area (TPSA) is 46.5 Å². The second-order valence-corrected chi connectivity index (χ2v) is 5.22. The normalized spacial score (nSPS) is 13.2. The number of aryl methyl sites for hydroxylation is 1. The van der Waals surface area contributed by atoms with Gasteiger partial charge in [0.2, 0.25) is 0 Å². The molecular weight excluding hydrogens is 216 g/mol. The molecule has 0 aliphatic carbocycles.